The first-order valence-corrected chi connectivity index (χ1v) is 6.34. The van der Waals surface area contributed by atoms with Gasteiger partial charge in [0.1, 0.15) is 0 Å². The summed E-state index contributed by atoms with van der Waals surface area (Å²) in [5, 5.41) is 0.994. The van der Waals surface area contributed by atoms with Crippen LogP contribution in [0, 0.1) is 6.92 Å². The van der Waals surface area contributed by atoms with Crippen molar-refractivity contribution in [1.82, 2.24) is 4.98 Å². The Hall–Kier alpha value is -0.940. The summed E-state index contributed by atoms with van der Waals surface area (Å²) in [6.07, 6.45) is 2.90. The molecule has 0 aromatic carbocycles. The van der Waals surface area contributed by atoms with Crippen molar-refractivity contribution >= 4 is 17.3 Å². The molecule has 1 aromatic rings. The molecular weight excluding hydrogens is 224 g/mol. The number of aromatic nitrogens is 1. The standard InChI is InChI=1S/C11H18N2O2S/c1-3-15-11(14)10-8(2)16-9(13-10)6-4-5-7-12/h3-7,12H2,1-2H3. The quantitative estimate of drug-likeness (QED) is 0.611. The van der Waals surface area contributed by atoms with Gasteiger partial charge in [-0.3, -0.25) is 0 Å². The zero-order valence-electron chi connectivity index (χ0n) is 9.78. The second-order valence-electron chi connectivity index (χ2n) is 3.48. The van der Waals surface area contributed by atoms with E-state index in [0.717, 1.165) is 29.1 Å². The van der Waals surface area contributed by atoms with Gasteiger partial charge >= 0.3 is 5.97 Å². The van der Waals surface area contributed by atoms with E-state index in [9.17, 15) is 4.79 Å². The van der Waals surface area contributed by atoms with Crippen LogP contribution in [-0.2, 0) is 11.2 Å². The van der Waals surface area contributed by atoms with E-state index in [4.69, 9.17) is 10.5 Å². The van der Waals surface area contributed by atoms with Crippen molar-refractivity contribution in [3.8, 4) is 0 Å². The van der Waals surface area contributed by atoms with Crippen molar-refractivity contribution in [1.29, 1.82) is 0 Å². The number of rotatable bonds is 6. The van der Waals surface area contributed by atoms with Gasteiger partial charge < -0.3 is 10.5 Å². The van der Waals surface area contributed by atoms with Crippen molar-refractivity contribution in [2.24, 2.45) is 5.73 Å². The van der Waals surface area contributed by atoms with Crippen molar-refractivity contribution < 1.29 is 9.53 Å². The molecule has 0 fully saturated rings. The molecule has 90 valence electrons. The Balaban J connectivity index is 2.62. The number of nitrogens with zero attached hydrogens (tertiary/aromatic N) is 1. The molecule has 0 amide bonds. The molecule has 1 heterocycles. The summed E-state index contributed by atoms with van der Waals surface area (Å²) < 4.78 is 4.93. The number of thiazole rings is 1. The Morgan fingerprint density at radius 1 is 1.50 bits per heavy atom. The third kappa shape index (κ3) is 3.57. The summed E-state index contributed by atoms with van der Waals surface area (Å²) >= 11 is 1.57. The average molecular weight is 242 g/mol. The number of carbonyl (C=O) groups is 1. The molecule has 0 spiro atoms. The van der Waals surface area contributed by atoms with E-state index in [-0.39, 0.29) is 5.97 Å². The van der Waals surface area contributed by atoms with Gasteiger partial charge in [0.15, 0.2) is 5.69 Å². The maximum absolute atomic E-state index is 11.5. The molecule has 4 nitrogen and oxygen atoms in total. The fourth-order valence-electron chi connectivity index (χ4n) is 1.37. The lowest BCUT2D eigenvalue weighted by molar-refractivity contribution is 0.0519. The molecule has 0 saturated heterocycles. The average Bonchev–Trinajstić information content (AvgIpc) is 2.61. The van der Waals surface area contributed by atoms with Crippen molar-refractivity contribution in [2.45, 2.75) is 33.1 Å². The number of ether oxygens (including phenoxy) is 1. The first kappa shape index (κ1) is 13.1. The van der Waals surface area contributed by atoms with Gasteiger partial charge in [0, 0.05) is 4.88 Å². The van der Waals surface area contributed by atoms with Crippen LogP contribution in [-0.4, -0.2) is 24.1 Å². The van der Waals surface area contributed by atoms with Crippen LogP contribution in [0.15, 0.2) is 0 Å². The smallest absolute Gasteiger partial charge is 0.358 e. The highest BCUT2D eigenvalue weighted by Gasteiger charge is 2.15. The van der Waals surface area contributed by atoms with Crippen molar-refractivity contribution in [3.63, 3.8) is 0 Å². The van der Waals surface area contributed by atoms with Crippen LogP contribution in [0.2, 0.25) is 0 Å². The minimum atomic E-state index is -0.318. The molecule has 2 N–H and O–H groups in total. The maximum atomic E-state index is 11.5. The topological polar surface area (TPSA) is 65.2 Å². The van der Waals surface area contributed by atoms with Gasteiger partial charge in [0.2, 0.25) is 0 Å². The lowest BCUT2D eigenvalue weighted by Gasteiger charge is -1.98. The number of nitrogens with two attached hydrogens (primary N) is 1. The lowest BCUT2D eigenvalue weighted by atomic mass is 10.2. The summed E-state index contributed by atoms with van der Waals surface area (Å²) in [7, 11) is 0. The molecule has 0 aliphatic heterocycles. The number of aryl methyl sites for hydroxylation is 2. The third-order valence-electron chi connectivity index (χ3n) is 2.15. The van der Waals surface area contributed by atoms with E-state index in [1.54, 1.807) is 18.3 Å². The van der Waals surface area contributed by atoms with Gasteiger partial charge in [-0.1, -0.05) is 0 Å². The molecule has 0 bridgehead atoms. The molecular formula is C11H18N2O2S. The van der Waals surface area contributed by atoms with Crippen LogP contribution >= 0.6 is 11.3 Å². The minimum absolute atomic E-state index is 0.318. The summed E-state index contributed by atoms with van der Waals surface area (Å²) in [4.78, 5) is 16.7. The van der Waals surface area contributed by atoms with Gasteiger partial charge in [0.25, 0.3) is 0 Å². The van der Waals surface area contributed by atoms with E-state index >= 15 is 0 Å². The first-order chi connectivity index (χ1) is 7.69. The van der Waals surface area contributed by atoms with Gasteiger partial charge in [-0.05, 0) is 39.7 Å². The second-order valence-corrected chi connectivity index (χ2v) is 4.77. The van der Waals surface area contributed by atoms with Crippen molar-refractivity contribution in [2.75, 3.05) is 13.2 Å². The molecule has 1 rings (SSSR count). The van der Waals surface area contributed by atoms with Gasteiger partial charge in [-0.25, -0.2) is 9.78 Å². The maximum Gasteiger partial charge on any atom is 0.358 e. The summed E-state index contributed by atoms with van der Waals surface area (Å²) in [5.41, 5.74) is 5.89. The van der Waals surface area contributed by atoms with Crippen LogP contribution in [0.3, 0.4) is 0 Å². The Morgan fingerprint density at radius 2 is 2.25 bits per heavy atom. The number of esters is 1. The van der Waals surface area contributed by atoms with E-state index in [1.165, 1.54) is 0 Å². The first-order valence-electron chi connectivity index (χ1n) is 5.52. The Kier molecular flexibility index (Phi) is 5.42. The fourth-order valence-corrected chi connectivity index (χ4v) is 2.33. The zero-order valence-corrected chi connectivity index (χ0v) is 10.6. The molecule has 0 radical (unpaired) electrons. The van der Waals surface area contributed by atoms with E-state index in [1.807, 2.05) is 6.92 Å². The Labute approximate surface area is 99.8 Å². The van der Waals surface area contributed by atoms with Crippen LogP contribution < -0.4 is 5.73 Å². The second kappa shape index (κ2) is 6.60. The highest BCUT2D eigenvalue weighted by atomic mass is 32.1. The van der Waals surface area contributed by atoms with Crippen LogP contribution in [0.5, 0.6) is 0 Å². The molecule has 0 unspecified atom stereocenters. The monoisotopic (exact) mass is 242 g/mol. The predicted octanol–water partition coefficient (Wildman–Crippen LogP) is 1.91. The Bertz CT molecular complexity index is 350. The highest BCUT2D eigenvalue weighted by Crippen LogP contribution is 2.19. The minimum Gasteiger partial charge on any atom is -0.461 e. The predicted molar refractivity (Wildman–Crippen MR) is 64.8 cm³/mol. The van der Waals surface area contributed by atoms with Gasteiger partial charge in [-0.15, -0.1) is 11.3 Å². The summed E-state index contributed by atoms with van der Waals surface area (Å²) in [6, 6.07) is 0. The van der Waals surface area contributed by atoms with E-state index in [2.05, 4.69) is 4.98 Å². The van der Waals surface area contributed by atoms with E-state index < -0.39 is 0 Å². The van der Waals surface area contributed by atoms with Crippen LogP contribution in [0.25, 0.3) is 0 Å². The van der Waals surface area contributed by atoms with Gasteiger partial charge in [-0.2, -0.15) is 0 Å². The molecule has 0 aliphatic rings. The SMILES string of the molecule is CCOC(=O)c1nc(CCCCN)sc1C. The normalized spacial score (nSPS) is 10.4. The fraction of sp³-hybridized carbons (Fsp3) is 0.636. The largest absolute Gasteiger partial charge is 0.461 e. The van der Waals surface area contributed by atoms with E-state index in [0.29, 0.717) is 18.8 Å². The molecule has 0 atom stereocenters. The van der Waals surface area contributed by atoms with Crippen LogP contribution in [0.4, 0.5) is 0 Å². The Morgan fingerprint density at radius 3 is 2.88 bits per heavy atom. The molecule has 16 heavy (non-hydrogen) atoms. The zero-order chi connectivity index (χ0) is 12.0. The number of unbranched alkanes of at least 4 members (excludes halogenated alkanes) is 1. The number of hydrogen-bond acceptors (Lipinski definition) is 5. The van der Waals surface area contributed by atoms with Gasteiger partial charge in [0.05, 0.1) is 11.6 Å². The molecule has 5 heteroatoms. The summed E-state index contributed by atoms with van der Waals surface area (Å²) in [6.45, 7) is 4.78. The lowest BCUT2D eigenvalue weighted by Crippen LogP contribution is -2.06. The molecule has 0 saturated carbocycles. The van der Waals surface area contributed by atoms with Crippen LogP contribution in [0.1, 0.15) is 40.1 Å². The highest BCUT2D eigenvalue weighted by molar-refractivity contribution is 7.11. The number of hydrogen-bond donors (Lipinski definition) is 1. The molecule has 0 aliphatic carbocycles. The number of carbonyl (C=O) groups excluding carboxylic acids is 1. The summed E-state index contributed by atoms with van der Waals surface area (Å²) in [5.74, 6) is -0.318. The van der Waals surface area contributed by atoms with Crippen molar-refractivity contribution in [3.05, 3.63) is 15.6 Å². The third-order valence-corrected chi connectivity index (χ3v) is 3.19. The molecule has 1 aromatic heterocycles.